The van der Waals surface area contributed by atoms with Crippen molar-refractivity contribution in [2.75, 3.05) is 0 Å². The number of carbonyl (C=O) groups excluding carboxylic acids is 2. The van der Waals surface area contributed by atoms with Crippen LogP contribution in [0, 0.1) is 11.3 Å². The summed E-state index contributed by atoms with van der Waals surface area (Å²) in [6.07, 6.45) is -6.36. The van der Waals surface area contributed by atoms with Crippen molar-refractivity contribution in [3.63, 3.8) is 0 Å². The Hall–Kier alpha value is -2.60. The predicted molar refractivity (Wildman–Crippen MR) is 72.4 cm³/mol. The van der Waals surface area contributed by atoms with Crippen LogP contribution in [0.3, 0.4) is 0 Å². The molecule has 124 valence electrons. The van der Waals surface area contributed by atoms with Gasteiger partial charge in [0.25, 0.3) is 5.91 Å². The lowest BCUT2D eigenvalue weighted by molar-refractivity contribution is -0.137. The molecule has 2 amide bonds. The Morgan fingerprint density at radius 1 is 1.30 bits per heavy atom. The number of benzene rings is 1. The highest BCUT2D eigenvalue weighted by Crippen LogP contribution is 2.29. The second-order valence-electron chi connectivity index (χ2n) is 4.68. The van der Waals surface area contributed by atoms with Crippen molar-refractivity contribution in [3.8, 4) is 6.07 Å². The fourth-order valence-electron chi connectivity index (χ4n) is 1.75. The van der Waals surface area contributed by atoms with Gasteiger partial charge in [0.05, 0.1) is 11.6 Å². The molecule has 23 heavy (non-hydrogen) atoms. The van der Waals surface area contributed by atoms with E-state index in [9.17, 15) is 27.9 Å². The lowest BCUT2D eigenvalue weighted by atomic mass is 10.0. The molecule has 0 heterocycles. The summed E-state index contributed by atoms with van der Waals surface area (Å²) < 4.78 is 37.3. The third-order valence-corrected chi connectivity index (χ3v) is 3.01. The summed E-state index contributed by atoms with van der Waals surface area (Å²) in [5, 5.41) is 20.4. The van der Waals surface area contributed by atoms with Crippen LogP contribution in [0.1, 0.15) is 30.1 Å². The third kappa shape index (κ3) is 5.27. The lowest BCUT2D eigenvalue weighted by Crippen LogP contribution is -2.46. The topological polar surface area (TPSA) is 116 Å². The van der Waals surface area contributed by atoms with Crippen molar-refractivity contribution in [2.45, 2.75) is 31.2 Å². The zero-order valence-electron chi connectivity index (χ0n) is 11.8. The number of nitriles is 1. The summed E-state index contributed by atoms with van der Waals surface area (Å²) >= 11 is 0. The van der Waals surface area contributed by atoms with Crippen molar-refractivity contribution in [2.24, 2.45) is 5.73 Å². The van der Waals surface area contributed by atoms with E-state index in [-0.39, 0.29) is 18.4 Å². The molecule has 1 aromatic carbocycles. The van der Waals surface area contributed by atoms with E-state index in [1.165, 1.54) is 0 Å². The van der Waals surface area contributed by atoms with Gasteiger partial charge in [-0.15, -0.1) is 0 Å². The van der Waals surface area contributed by atoms with Crippen LogP contribution >= 0.6 is 0 Å². The van der Waals surface area contributed by atoms with E-state index in [1.54, 1.807) is 6.07 Å². The molecule has 0 aromatic heterocycles. The van der Waals surface area contributed by atoms with Crippen LogP contribution in [0.4, 0.5) is 13.2 Å². The Bertz CT molecular complexity index is 608. The van der Waals surface area contributed by atoms with E-state index in [4.69, 9.17) is 11.0 Å². The van der Waals surface area contributed by atoms with Crippen molar-refractivity contribution in [1.29, 1.82) is 5.26 Å². The first-order valence-corrected chi connectivity index (χ1v) is 6.48. The minimum atomic E-state index is -4.53. The van der Waals surface area contributed by atoms with Gasteiger partial charge < -0.3 is 16.2 Å². The number of nitrogens with one attached hydrogen (secondary N) is 1. The summed E-state index contributed by atoms with van der Waals surface area (Å²) in [7, 11) is 0. The van der Waals surface area contributed by atoms with E-state index in [0.29, 0.717) is 0 Å². The van der Waals surface area contributed by atoms with Crippen molar-refractivity contribution in [1.82, 2.24) is 5.32 Å². The number of carbonyl (C=O) groups is 2. The van der Waals surface area contributed by atoms with Gasteiger partial charge in [0.2, 0.25) is 5.91 Å². The van der Waals surface area contributed by atoms with Crippen LogP contribution in [0.2, 0.25) is 0 Å². The molecule has 0 unspecified atom stereocenters. The van der Waals surface area contributed by atoms with Gasteiger partial charge >= 0.3 is 6.18 Å². The number of aliphatic hydroxyl groups excluding tert-OH is 1. The van der Waals surface area contributed by atoms with E-state index in [0.717, 1.165) is 24.3 Å². The van der Waals surface area contributed by atoms with Gasteiger partial charge in [0.1, 0.15) is 6.04 Å². The number of nitrogens with zero attached hydrogens (tertiary/aromatic N) is 1. The molecule has 1 rings (SSSR count). The predicted octanol–water partition coefficient (Wildman–Crippen LogP) is 1.01. The maximum Gasteiger partial charge on any atom is 0.416 e. The van der Waals surface area contributed by atoms with Crippen molar-refractivity contribution in [3.05, 3.63) is 35.4 Å². The molecule has 0 saturated carbocycles. The third-order valence-electron chi connectivity index (χ3n) is 3.01. The highest BCUT2D eigenvalue weighted by Gasteiger charge is 2.31. The molecule has 0 aliphatic carbocycles. The van der Waals surface area contributed by atoms with Crippen molar-refractivity contribution >= 4 is 11.8 Å². The molecule has 4 N–H and O–H groups in total. The molecule has 0 radical (unpaired) electrons. The molecule has 2 atom stereocenters. The number of halogens is 3. The number of alkyl halides is 3. The molecule has 0 spiro atoms. The highest BCUT2D eigenvalue weighted by molar-refractivity contribution is 5.89. The Labute approximate surface area is 129 Å². The Kier molecular flexibility index (Phi) is 6.10. The first kappa shape index (κ1) is 18.4. The summed E-state index contributed by atoms with van der Waals surface area (Å²) in [6.45, 7) is 0. The quantitative estimate of drug-likeness (QED) is 0.722. The molecule has 1 aromatic rings. The van der Waals surface area contributed by atoms with E-state index >= 15 is 0 Å². The van der Waals surface area contributed by atoms with Gasteiger partial charge in [-0.1, -0.05) is 12.1 Å². The summed E-state index contributed by atoms with van der Waals surface area (Å²) in [5.41, 5.74) is 4.07. The molecular weight excluding hydrogens is 315 g/mol. The van der Waals surface area contributed by atoms with Gasteiger partial charge in [-0.2, -0.15) is 18.4 Å². The molecule has 0 aliphatic rings. The summed E-state index contributed by atoms with van der Waals surface area (Å²) in [6, 6.07) is 4.01. The lowest BCUT2D eigenvalue weighted by Gasteiger charge is -2.17. The maximum atomic E-state index is 12.4. The largest absolute Gasteiger partial charge is 0.416 e. The number of rotatable bonds is 6. The fourth-order valence-corrected chi connectivity index (χ4v) is 1.75. The van der Waals surface area contributed by atoms with Gasteiger partial charge in [-0.3, -0.25) is 9.59 Å². The Balaban J connectivity index is 2.79. The number of nitrogens with two attached hydrogens (primary N) is 1. The van der Waals surface area contributed by atoms with Crippen LogP contribution in [0.25, 0.3) is 0 Å². The average Bonchev–Trinajstić information content (AvgIpc) is 2.49. The van der Waals surface area contributed by atoms with Crippen LogP contribution < -0.4 is 11.1 Å². The SMILES string of the molecule is N#CCC[C@@H](NC(=O)[C@@H](O)c1ccc(C(F)(F)F)cc1)C(N)=O. The molecule has 9 heteroatoms. The van der Waals surface area contributed by atoms with Gasteiger partial charge in [0, 0.05) is 6.42 Å². The van der Waals surface area contributed by atoms with Crippen molar-refractivity contribution < 1.29 is 27.9 Å². The van der Waals surface area contributed by atoms with Crippen LogP contribution in [0.5, 0.6) is 0 Å². The number of primary amides is 1. The van der Waals surface area contributed by atoms with Gasteiger partial charge in [-0.05, 0) is 24.1 Å². The molecule has 0 saturated heterocycles. The second kappa shape index (κ2) is 7.60. The zero-order valence-corrected chi connectivity index (χ0v) is 11.8. The smallest absolute Gasteiger partial charge is 0.378 e. The van der Waals surface area contributed by atoms with Crippen LogP contribution in [-0.4, -0.2) is 23.0 Å². The normalized spacial score (nSPS) is 13.7. The molecule has 0 bridgehead atoms. The van der Waals surface area contributed by atoms with E-state index in [1.807, 2.05) is 0 Å². The van der Waals surface area contributed by atoms with E-state index in [2.05, 4.69) is 5.32 Å². The first-order chi connectivity index (χ1) is 10.7. The van der Waals surface area contributed by atoms with Gasteiger partial charge in [-0.25, -0.2) is 0 Å². The number of amides is 2. The van der Waals surface area contributed by atoms with E-state index < -0.39 is 35.7 Å². The Morgan fingerprint density at radius 2 is 1.87 bits per heavy atom. The van der Waals surface area contributed by atoms with Gasteiger partial charge in [0.15, 0.2) is 6.10 Å². The highest BCUT2D eigenvalue weighted by atomic mass is 19.4. The average molecular weight is 329 g/mol. The number of hydrogen-bond donors (Lipinski definition) is 3. The minimum absolute atomic E-state index is 0.0305. The molecular formula is C14H14F3N3O3. The Morgan fingerprint density at radius 3 is 2.30 bits per heavy atom. The molecule has 6 nitrogen and oxygen atoms in total. The zero-order chi connectivity index (χ0) is 17.6. The fraction of sp³-hybridized carbons (Fsp3) is 0.357. The monoisotopic (exact) mass is 329 g/mol. The molecule has 0 fully saturated rings. The summed E-state index contributed by atoms with van der Waals surface area (Å²) in [5.74, 6) is -1.88. The van der Waals surface area contributed by atoms with Crippen LogP contribution in [-0.2, 0) is 15.8 Å². The standard InChI is InChI=1S/C14H14F3N3O3/c15-14(16,17)9-5-3-8(4-6-9)11(21)13(23)20-10(12(19)22)2-1-7-18/h3-6,10-11,21H,1-2H2,(H2,19,22)(H,20,23)/t10-,11+/m1/s1. The molecule has 0 aliphatic heterocycles. The van der Waals surface area contributed by atoms with Crippen LogP contribution in [0.15, 0.2) is 24.3 Å². The minimum Gasteiger partial charge on any atom is -0.378 e. The second-order valence-corrected chi connectivity index (χ2v) is 4.68. The number of hydrogen-bond acceptors (Lipinski definition) is 4. The number of aliphatic hydroxyl groups is 1. The first-order valence-electron chi connectivity index (χ1n) is 6.48. The maximum absolute atomic E-state index is 12.4. The summed E-state index contributed by atoms with van der Waals surface area (Å²) in [4.78, 5) is 23.0.